The molecule has 116 valence electrons. The zero-order chi connectivity index (χ0) is 16.2. The molecule has 2 aromatic carbocycles. The third-order valence-electron chi connectivity index (χ3n) is 3.70. The van der Waals surface area contributed by atoms with Gasteiger partial charge in [-0.15, -0.1) is 0 Å². The third kappa shape index (κ3) is 3.71. The van der Waals surface area contributed by atoms with E-state index >= 15 is 0 Å². The molecule has 2 aromatic rings. The number of hydrogen-bond donors (Lipinski definition) is 1. The molecular formula is C19H18N2OS. The van der Waals surface area contributed by atoms with Gasteiger partial charge in [0.2, 0.25) is 0 Å². The summed E-state index contributed by atoms with van der Waals surface area (Å²) in [5.41, 5.74) is 4.33. The molecule has 0 aliphatic carbocycles. The standard InChI is InChI=1S/C19H18N2OS/c1-3-14-8-10-16(11-9-14)20-19-21-18(22)17(23-19)12-15-7-5-4-6-13(15)2/h4-12H,3H2,1-2H3,(H,20,21,22)/b17-12-. The van der Waals surface area contributed by atoms with Gasteiger partial charge in [0, 0.05) is 0 Å². The van der Waals surface area contributed by atoms with E-state index in [1.54, 1.807) is 0 Å². The Kier molecular flexibility index (Phi) is 4.63. The minimum atomic E-state index is -0.0952. The molecule has 1 aliphatic heterocycles. The lowest BCUT2D eigenvalue weighted by molar-refractivity contribution is -0.115. The van der Waals surface area contributed by atoms with E-state index in [0.29, 0.717) is 10.1 Å². The normalized spacial score (nSPS) is 17.7. The molecule has 1 amide bonds. The van der Waals surface area contributed by atoms with E-state index in [0.717, 1.165) is 23.2 Å². The second-order valence-electron chi connectivity index (χ2n) is 5.36. The van der Waals surface area contributed by atoms with Gasteiger partial charge in [-0.05, 0) is 60.0 Å². The molecule has 1 heterocycles. The molecule has 23 heavy (non-hydrogen) atoms. The topological polar surface area (TPSA) is 41.5 Å². The smallest absolute Gasteiger partial charge is 0.264 e. The number of nitrogens with one attached hydrogen (secondary N) is 1. The van der Waals surface area contributed by atoms with Gasteiger partial charge < -0.3 is 5.32 Å². The molecule has 0 unspecified atom stereocenters. The van der Waals surface area contributed by atoms with Crippen molar-refractivity contribution in [1.29, 1.82) is 0 Å². The van der Waals surface area contributed by atoms with Crippen molar-refractivity contribution < 1.29 is 4.79 Å². The minimum absolute atomic E-state index is 0.0952. The number of amidine groups is 1. The van der Waals surface area contributed by atoms with Crippen molar-refractivity contribution in [3.8, 4) is 0 Å². The van der Waals surface area contributed by atoms with E-state index in [4.69, 9.17) is 0 Å². The minimum Gasteiger partial charge on any atom is -0.300 e. The number of hydrogen-bond acceptors (Lipinski definition) is 3. The molecule has 0 saturated carbocycles. The van der Waals surface area contributed by atoms with Crippen LogP contribution in [0.3, 0.4) is 0 Å². The lowest BCUT2D eigenvalue weighted by atomic mass is 10.1. The summed E-state index contributed by atoms with van der Waals surface area (Å²) in [6, 6.07) is 16.1. The quantitative estimate of drug-likeness (QED) is 0.848. The van der Waals surface area contributed by atoms with Crippen molar-refractivity contribution in [3.63, 3.8) is 0 Å². The third-order valence-corrected chi connectivity index (χ3v) is 4.61. The number of aliphatic imine (C=N–C) groups is 1. The maximum atomic E-state index is 12.1. The Balaban J connectivity index is 1.81. The van der Waals surface area contributed by atoms with Crippen molar-refractivity contribution in [2.24, 2.45) is 4.99 Å². The Hall–Kier alpha value is -2.33. The Bertz CT molecular complexity index is 791. The summed E-state index contributed by atoms with van der Waals surface area (Å²) in [4.78, 5) is 17.3. The van der Waals surface area contributed by atoms with Crippen molar-refractivity contribution in [2.45, 2.75) is 20.3 Å². The molecule has 3 rings (SSSR count). The first-order valence-electron chi connectivity index (χ1n) is 7.60. The van der Waals surface area contributed by atoms with Crippen LogP contribution in [0.25, 0.3) is 6.08 Å². The molecule has 3 nitrogen and oxygen atoms in total. The molecular weight excluding hydrogens is 304 g/mol. The van der Waals surface area contributed by atoms with Crippen LogP contribution in [0.2, 0.25) is 0 Å². The average Bonchev–Trinajstić information content (AvgIpc) is 2.90. The van der Waals surface area contributed by atoms with Crippen LogP contribution in [0, 0.1) is 6.92 Å². The summed E-state index contributed by atoms with van der Waals surface area (Å²) in [6.45, 7) is 4.16. The SMILES string of the molecule is CCc1ccc(N=C2NC(=O)/C(=C/c3ccccc3C)S2)cc1. The molecule has 0 radical (unpaired) electrons. The Labute approximate surface area is 140 Å². The van der Waals surface area contributed by atoms with Crippen LogP contribution in [-0.2, 0) is 11.2 Å². The Morgan fingerprint density at radius 2 is 1.87 bits per heavy atom. The second kappa shape index (κ2) is 6.84. The summed E-state index contributed by atoms with van der Waals surface area (Å²) in [6.07, 6.45) is 2.92. The van der Waals surface area contributed by atoms with Crippen LogP contribution in [0.4, 0.5) is 5.69 Å². The first-order valence-corrected chi connectivity index (χ1v) is 8.41. The number of amides is 1. The van der Waals surface area contributed by atoms with Crippen molar-refractivity contribution in [2.75, 3.05) is 0 Å². The summed E-state index contributed by atoms with van der Waals surface area (Å²) < 4.78 is 0. The lowest BCUT2D eigenvalue weighted by Gasteiger charge is -1.99. The van der Waals surface area contributed by atoms with Gasteiger partial charge in [-0.2, -0.15) is 0 Å². The summed E-state index contributed by atoms with van der Waals surface area (Å²) in [7, 11) is 0. The van der Waals surface area contributed by atoms with E-state index in [1.165, 1.54) is 17.3 Å². The van der Waals surface area contributed by atoms with Gasteiger partial charge in [-0.3, -0.25) is 4.79 Å². The summed E-state index contributed by atoms with van der Waals surface area (Å²) in [5, 5.41) is 3.45. The number of carbonyl (C=O) groups excluding carboxylic acids is 1. The maximum absolute atomic E-state index is 12.1. The van der Waals surface area contributed by atoms with Gasteiger partial charge in [0.05, 0.1) is 10.6 Å². The van der Waals surface area contributed by atoms with Crippen molar-refractivity contribution >= 4 is 34.6 Å². The predicted octanol–water partition coefficient (Wildman–Crippen LogP) is 4.45. The first kappa shape index (κ1) is 15.6. The monoisotopic (exact) mass is 322 g/mol. The van der Waals surface area contributed by atoms with Crippen LogP contribution in [0.5, 0.6) is 0 Å². The number of benzene rings is 2. The van der Waals surface area contributed by atoms with E-state index in [1.807, 2.05) is 49.4 Å². The highest BCUT2D eigenvalue weighted by atomic mass is 32.2. The molecule has 0 bridgehead atoms. The number of carbonyl (C=O) groups is 1. The molecule has 0 atom stereocenters. The molecule has 1 saturated heterocycles. The van der Waals surface area contributed by atoms with Crippen molar-refractivity contribution in [1.82, 2.24) is 5.32 Å². The Morgan fingerprint density at radius 3 is 2.57 bits per heavy atom. The number of aryl methyl sites for hydroxylation is 2. The van der Waals surface area contributed by atoms with Crippen LogP contribution < -0.4 is 5.32 Å². The van der Waals surface area contributed by atoms with Gasteiger partial charge in [-0.25, -0.2) is 4.99 Å². The zero-order valence-corrected chi connectivity index (χ0v) is 14.0. The molecule has 0 aromatic heterocycles. The summed E-state index contributed by atoms with van der Waals surface area (Å²) in [5.74, 6) is -0.0952. The first-order chi connectivity index (χ1) is 11.2. The fourth-order valence-electron chi connectivity index (χ4n) is 2.29. The van der Waals surface area contributed by atoms with E-state index in [-0.39, 0.29) is 5.91 Å². The van der Waals surface area contributed by atoms with E-state index in [2.05, 4.69) is 29.4 Å². The van der Waals surface area contributed by atoms with Gasteiger partial charge >= 0.3 is 0 Å². The van der Waals surface area contributed by atoms with Crippen LogP contribution in [0.1, 0.15) is 23.6 Å². The molecule has 1 aliphatic rings. The van der Waals surface area contributed by atoms with Gasteiger partial charge in [0.15, 0.2) is 5.17 Å². The van der Waals surface area contributed by atoms with Gasteiger partial charge in [0.1, 0.15) is 0 Å². The highest BCUT2D eigenvalue weighted by Gasteiger charge is 2.23. The fourth-order valence-corrected chi connectivity index (χ4v) is 3.13. The fraction of sp³-hybridized carbons (Fsp3) is 0.158. The summed E-state index contributed by atoms with van der Waals surface area (Å²) >= 11 is 1.38. The largest absolute Gasteiger partial charge is 0.300 e. The molecule has 1 N–H and O–H groups in total. The molecule has 4 heteroatoms. The van der Waals surface area contributed by atoms with E-state index < -0.39 is 0 Å². The maximum Gasteiger partial charge on any atom is 0.264 e. The predicted molar refractivity (Wildman–Crippen MR) is 97.8 cm³/mol. The second-order valence-corrected chi connectivity index (χ2v) is 6.39. The number of rotatable bonds is 3. The number of thioether (sulfide) groups is 1. The van der Waals surface area contributed by atoms with Crippen LogP contribution in [-0.4, -0.2) is 11.1 Å². The van der Waals surface area contributed by atoms with Gasteiger partial charge in [0.25, 0.3) is 5.91 Å². The molecule has 1 fully saturated rings. The van der Waals surface area contributed by atoms with Crippen LogP contribution in [0.15, 0.2) is 58.4 Å². The van der Waals surface area contributed by atoms with E-state index in [9.17, 15) is 4.79 Å². The highest BCUT2D eigenvalue weighted by molar-refractivity contribution is 8.18. The lowest BCUT2D eigenvalue weighted by Crippen LogP contribution is -2.19. The highest BCUT2D eigenvalue weighted by Crippen LogP contribution is 2.28. The van der Waals surface area contributed by atoms with Gasteiger partial charge in [-0.1, -0.05) is 43.3 Å². The average molecular weight is 322 g/mol. The van der Waals surface area contributed by atoms with Crippen molar-refractivity contribution in [3.05, 3.63) is 70.1 Å². The molecule has 0 spiro atoms. The number of nitrogens with zero attached hydrogens (tertiary/aromatic N) is 1. The van der Waals surface area contributed by atoms with Crippen LogP contribution >= 0.6 is 11.8 Å². The zero-order valence-electron chi connectivity index (χ0n) is 13.2. The Morgan fingerprint density at radius 1 is 1.13 bits per heavy atom.